The van der Waals surface area contributed by atoms with Crippen LogP contribution in [0.5, 0.6) is 5.75 Å². The van der Waals surface area contributed by atoms with Gasteiger partial charge in [-0.1, -0.05) is 56.5 Å². The maximum absolute atomic E-state index is 13.2. The van der Waals surface area contributed by atoms with Gasteiger partial charge in [-0.3, -0.25) is 9.10 Å². The van der Waals surface area contributed by atoms with E-state index in [1.165, 1.54) is 22.9 Å². The van der Waals surface area contributed by atoms with Gasteiger partial charge in [0.15, 0.2) is 0 Å². The molecule has 3 aromatic rings. The first-order valence-electron chi connectivity index (χ1n) is 11.7. The maximum Gasteiger partial charge on any atom is 0.264 e. The smallest absolute Gasteiger partial charge is 0.264 e. The zero-order chi connectivity index (χ0) is 24.0. The van der Waals surface area contributed by atoms with Crippen LogP contribution in [-0.4, -0.2) is 27.5 Å². The number of hydrogen-bond acceptors (Lipinski definition) is 4. The summed E-state index contributed by atoms with van der Waals surface area (Å²) >= 11 is 0. The molecule has 0 aromatic heterocycles. The second-order valence-electron chi connectivity index (χ2n) is 8.34. The number of sulfonamides is 1. The Morgan fingerprint density at radius 3 is 2.47 bits per heavy atom. The van der Waals surface area contributed by atoms with Crippen molar-refractivity contribution in [3.63, 3.8) is 0 Å². The topological polar surface area (TPSA) is 75.7 Å². The lowest BCUT2D eigenvalue weighted by atomic mass is 10.1. The Morgan fingerprint density at radius 2 is 1.68 bits per heavy atom. The highest BCUT2D eigenvalue weighted by Crippen LogP contribution is 2.33. The van der Waals surface area contributed by atoms with Crippen molar-refractivity contribution in [3.05, 3.63) is 83.9 Å². The Bertz CT molecular complexity index is 1240. The number of rotatable bonds is 10. The van der Waals surface area contributed by atoms with Crippen molar-refractivity contribution in [2.24, 2.45) is 0 Å². The summed E-state index contributed by atoms with van der Waals surface area (Å²) in [5, 5.41) is 2.85. The highest BCUT2D eigenvalue weighted by molar-refractivity contribution is 7.92. The van der Waals surface area contributed by atoms with Gasteiger partial charge >= 0.3 is 0 Å². The van der Waals surface area contributed by atoms with Crippen molar-refractivity contribution in [2.45, 2.75) is 43.9 Å². The number of nitrogens with zero attached hydrogens (tertiary/aromatic N) is 1. The van der Waals surface area contributed by atoms with E-state index in [-0.39, 0.29) is 10.8 Å². The van der Waals surface area contributed by atoms with Crippen LogP contribution in [-0.2, 0) is 16.4 Å². The van der Waals surface area contributed by atoms with E-state index >= 15 is 0 Å². The molecule has 1 N–H and O–H groups in total. The Morgan fingerprint density at radius 1 is 0.941 bits per heavy atom. The lowest BCUT2D eigenvalue weighted by Gasteiger charge is -2.19. The summed E-state index contributed by atoms with van der Waals surface area (Å²) in [6, 6.07) is 21.0. The van der Waals surface area contributed by atoms with Crippen LogP contribution in [0.3, 0.4) is 0 Å². The first kappa shape index (κ1) is 23.8. The van der Waals surface area contributed by atoms with E-state index in [4.69, 9.17) is 4.74 Å². The van der Waals surface area contributed by atoms with Gasteiger partial charge < -0.3 is 10.1 Å². The SMILES string of the molecule is CCCCCCOc1ccccc1C(=O)Nc1ccc(S(=O)(=O)N2CCc3ccccc32)cc1. The van der Waals surface area contributed by atoms with Gasteiger partial charge in [0.05, 0.1) is 22.8 Å². The summed E-state index contributed by atoms with van der Waals surface area (Å²) in [6.07, 6.45) is 5.07. The molecule has 1 heterocycles. The Balaban J connectivity index is 1.43. The van der Waals surface area contributed by atoms with Crippen LogP contribution in [0.2, 0.25) is 0 Å². The van der Waals surface area contributed by atoms with E-state index in [0.717, 1.165) is 30.5 Å². The second kappa shape index (κ2) is 10.7. The van der Waals surface area contributed by atoms with Crippen LogP contribution in [0.1, 0.15) is 48.5 Å². The average Bonchev–Trinajstić information content (AvgIpc) is 3.30. The molecule has 3 aromatic carbocycles. The first-order valence-corrected chi connectivity index (χ1v) is 13.2. The Labute approximate surface area is 201 Å². The van der Waals surface area contributed by atoms with Gasteiger partial charge in [-0.2, -0.15) is 0 Å². The number of carbonyl (C=O) groups excluding carboxylic acids is 1. The van der Waals surface area contributed by atoms with E-state index in [1.54, 1.807) is 30.3 Å². The van der Waals surface area contributed by atoms with E-state index in [9.17, 15) is 13.2 Å². The van der Waals surface area contributed by atoms with Crippen LogP contribution in [0.25, 0.3) is 0 Å². The molecule has 0 saturated carbocycles. The minimum atomic E-state index is -3.67. The molecule has 0 saturated heterocycles. The summed E-state index contributed by atoms with van der Waals surface area (Å²) in [7, 11) is -3.67. The van der Waals surface area contributed by atoms with Gasteiger partial charge in [-0.25, -0.2) is 8.42 Å². The second-order valence-corrected chi connectivity index (χ2v) is 10.2. The maximum atomic E-state index is 13.2. The summed E-state index contributed by atoms with van der Waals surface area (Å²) in [5.74, 6) is 0.247. The fraction of sp³-hybridized carbons (Fsp3) is 0.296. The quantitative estimate of drug-likeness (QED) is 0.382. The number of ether oxygens (including phenoxy) is 1. The summed E-state index contributed by atoms with van der Waals surface area (Å²) in [5.41, 5.74) is 2.72. The molecule has 0 aliphatic carbocycles. The molecule has 7 heteroatoms. The van der Waals surface area contributed by atoms with E-state index < -0.39 is 10.0 Å². The molecule has 1 aliphatic heterocycles. The number of unbranched alkanes of at least 4 members (excludes halogenated alkanes) is 3. The predicted octanol–water partition coefficient (Wildman–Crippen LogP) is 5.65. The third-order valence-corrected chi connectivity index (χ3v) is 7.76. The van der Waals surface area contributed by atoms with Crippen LogP contribution in [0, 0.1) is 0 Å². The van der Waals surface area contributed by atoms with Crippen molar-refractivity contribution in [2.75, 3.05) is 22.8 Å². The minimum absolute atomic E-state index is 0.193. The number of carbonyl (C=O) groups is 1. The summed E-state index contributed by atoms with van der Waals surface area (Å²) in [6.45, 7) is 3.15. The molecule has 1 aliphatic rings. The standard InChI is InChI=1S/C27H30N2O4S/c1-2-3-4-9-20-33-26-13-8-6-11-24(26)27(30)28-22-14-16-23(17-15-22)34(31,32)29-19-18-21-10-5-7-12-25(21)29/h5-8,10-17H,2-4,9,18-20H2,1H3,(H,28,30). The zero-order valence-electron chi connectivity index (χ0n) is 19.4. The highest BCUT2D eigenvalue weighted by Gasteiger charge is 2.30. The van der Waals surface area contributed by atoms with Crippen LogP contribution in [0.15, 0.2) is 77.7 Å². The number of hydrogen-bond donors (Lipinski definition) is 1. The number of para-hydroxylation sites is 2. The summed E-state index contributed by atoms with van der Waals surface area (Å²) < 4.78 is 33.7. The first-order chi connectivity index (χ1) is 16.5. The van der Waals surface area contributed by atoms with Gasteiger partial charge in [-0.15, -0.1) is 0 Å². The van der Waals surface area contributed by atoms with Gasteiger partial charge in [-0.05, 0) is 60.9 Å². The molecular formula is C27H30N2O4S. The number of fused-ring (bicyclic) bond motifs is 1. The Kier molecular flexibility index (Phi) is 7.53. The van der Waals surface area contributed by atoms with Crippen LogP contribution >= 0.6 is 0 Å². The highest BCUT2D eigenvalue weighted by atomic mass is 32.2. The van der Waals surface area contributed by atoms with Gasteiger partial charge in [0.25, 0.3) is 15.9 Å². The van der Waals surface area contributed by atoms with Crippen molar-refractivity contribution < 1.29 is 17.9 Å². The van der Waals surface area contributed by atoms with E-state index in [1.807, 2.05) is 30.3 Å². The van der Waals surface area contributed by atoms with E-state index in [2.05, 4.69) is 12.2 Å². The number of nitrogens with one attached hydrogen (secondary N) is 1. The zero-order valence-corrected chi connectivity index (χ0v) is 20.2. The van der Waals surface area contributed by atoms with Crippen molar-refractivity contribution >= 4 is 27.3 Å². The fourth-order valence-electron chi connectivity index (χ4n) is 4.08. The van der Waals surface area contributed by atoms with Gasteiger partial charge in [0.1, 0.15) is 5.75 Å². The average molecular weight is 479 g/mol. The van der Waals surface area contributed by atoms with Gasteiger partial charge in [0.2, 0.25) is 0 Å². The Hall–Kier alpha value is -3.32. The molecule has 0 spiro atoms. The fourth-order valence-corrected chi connectivity index (χ4v) is 5.59. The normalized spacial score (nSPS) is 12.9. The molecule has 1 amide bonds. The van der Waals surface area contributed by atoms with Crippen molar-refractivity contribution in [3.8, 4) is 5.75 Å². The predicted molar refractivity (Wildman–Crippen MR) is 135 cm³/mol. The minimum Gasteiger partial charge on any atom is -0.493 e. The van der Waals surface area contributed by atoms with Crippen molar-refractivity contribution in [1.82, 2.24) is 0 Å². The third kappa shape index (κ3) is 5.25. The summed E-state index contributed by atoms with van der Waals surface area (Å²) in [4.78, 5) is 13.1. The monoisotopic (exact) mass is 478 g/mol. The molecule has 0 atom stereocenters. The molecule has 4 rings (SSSR count). The molecule has 178 valence electrons. The van der Waals surface area contributed by atoms with Crippen LogP contribution in [0.4, 0.5) is 11.4 Å². The lowest BCUT2D eigenvalue weighted by molar-refractivity contribution is 0.102. The molecule has 0 bridgehead atoms. The molecule has 0 fully saturated rings. The lowest BCUT2D eigenvalue weighted by Crippen LogP contribution is -2.29. The molecule has 34 heavy (non-hydrogen) atoms. The molecule has 0 radical (unpaired) electrons. The molecular weight excluding hydrogens is 448 g/mol. The number of anilines is 2. The van der Waals surface area contributed by atoms with E-state index in [0.29, 0.717) is 36.6 Å². The van der Waals surface area contributed by atoms with Gasteiger partial charge in [0, 0.05) is 12.2 Å². The van der Waals surface area contributed by atoms with Crippen molar-refractivity contribution in [1.29, 1.82) is 0 Å². The number of amides is 1. The molecule has 6 nitrogen and oxygen atoms in total. The van der Waals surface area contributed by atoms with Crippen LogP contribution < -0.4 is 14.4 Å². The molecule has 0 unspecified atom stereocenters. The largest absolute Gasteiger partial charge is 0.493 e. The third-order valence-electron chi connectivity index (χ3n) is 5.93. The number of benzene rings is 3.